The SMILES string of the molecule is C=CCOc1cccc(C2/C(=C(\O)c3cc(OCC)ccc3Cl)C(=O)C(=O)N2CCC)c1. The second-order valence-electron chi connectivity index (χ2n) is 7.24. The van der Waals surface area contributed by atoms with E-state index in [9.17, 15) is 14.7 Å². The lowest BCUT2D eigenvalue weighted by molar-refractivity contribution is -0.139. The van der Waals surface area contributed by atoms with Gasteiger partial charge in [-0.2, -0.15) is 0 Å². The van der Waals surface area contributed by atoms with Crippen LogP contribution in [0.1, 0.15) is 37.4 Å². The Kier molecular flexibility index (Phi) is 7.59. The van der Waals surface area contributed by atoms with Crippen LogP contribution in [0.2, 0.25) is 5.02 Å². The summed E-state index contributed by atoms with van der Waals surface area (Å²) in [4.78, 5) is 27.4. The topological polar surface area (TPSA) is 76.1 Å². The van der Waals surface area contributed by atoms with Crippen LogP contribution in [0, 0.1) is 0 Å². The number of ketones is 1. The number of carbonyl (C=O) groups excluding carboxylic acids is 2. The molecule has 0 aromatic heterocycles. The van der Waals surface area contributed by atoms with Crippen molar-refractivity contribution in [3.8, 4) is 11.5 Å². The number of hydrogen-bond acceptors (Lipinski definition) is 5. The Hall–Kier alpha value is -3.25. The van der Waals surface area contributed by atoms with E-state index in [0.29, 0.717) is 43.2 Å². The van der Waals surface area contributed by atoms with Crippen LogP contribution in [0.3, 0.4) is 0 Å². The normalized spacial score (nSPS) is 17.5. The van der Waals surface area contributed by atoms with E-state index in [4.69, 9.17) is 21.1 Å². The van der Waals surface area contributed by atoms with Gasteiger partial charge in [-0.15, -0.1) is 0 Å². The first kappa shape index (κ1) is 23.4. The van der Waals surface area contributed by atoms with Crippen LogP contribution in [0.25, 0.3) is 5.76 Å². The molecular weight excluding hydrogens is 430 g/mol. The maximum Gasteiger partial charge on any atom is 0.295 e. The number of halogens is 1. The van der Waals surface area contributed by atoms with E-state index in [1.54, 1.807) is 48.5 Å². The Bertz CT molecular complexity index is 1060. The number of hydrogen-bond donors (Lipinski definition) is 1. The third kappa shape index (κ3) is 4.65. The highest BCUT2D eigenvalue weighted by Gasteiger charge is 2.46. The van der Waals surface area contributed by atoms with E-state index in [0.717, 1.165) is 0 Å². The molecule has 0 bridgehead atoms. The van der Waals surface area contributed by atoms with Gasteiger partial charge < -0.3 is 19.5 Å². The van der Waals surface area contributed by atoms with Crippen molar-refractivity contribution in [1.29, 1.82) is 0 Å². The maximum absolute atomic E-state index is 13.0. The van der Waals surface area contributed by atoms with Crippen LogP contribution in [0.5, 0.6) is 11.5 Å². The maximum atomic E-state index is 13.0. The lowest BCUT2D eigenvalue weighted by Crippen LogP contribution is -2.30. The number of aliphatic hydroxyl groups is 1. The van der Waals surface area contributed by atoms with Gasteiger partial charge in [0, 0.05) is 12.1 Å². The molecule has 2 aromatic carbocycles. The predicted molar refractivity (Wildman–Crippen MR) is 124 cm³/mol. The van der Waals surface area contributed by atoms with Crippen LogP contribution >= 0.6 is 11.6 Å². The number of benzene rings is 2. The van der Waals surface area contributed by atoms with Crippen LogP contribution < -0.4 is 9.47 Å². The number of ether oxygens (including phenoxy) is 2. The summed E-state index contributed by atoms with van der Waals surface area (Å²) < 4.78 is 11.1. The number of nitrogens with zero attached hydrogens (tertiary/aromatic N) is 1. The second kappa shape index (κ2) is 10.4. The number of Topliss-reactive ketones (excluding diaryl/α,β-unsaturated/α-hetero) is 1. The van der Waals surface area contributed by atoms with Crippen molar-refractivity contribution in [3.63, 3.8) is 0 Å². The van der Waals surface area contributed by atoms with Gasteiger partial charge in [0.1, 0.15) is 23.9 Å². The second-order valence-corrected chi connectivity index (χ2v) is 7.65. The average Bonchev–Trinajstić information content (AvgIpc) is 3.04. The minimum Gasteiger partial charge on any atom is -0.507 e. The molecule has 6 nitrogen and oxygen atoms in total. The van der Waals surface area contributed by atoms with Crippen molar-refractivity contribution < 1.29 is 24.2 Å². The molecule has 1 aliphatic heterocycles. The average molecular weight is 456 g/mol. The highest BCUT2D eigenvalue weighted by Crippen LogP contribution is 2.41. The summed E-state index contributed by atoms with van der Waals surface area (Å²) in [5, 5.41) is 11.5. The van der Waals surface area contributed by atoms with Crippen molar-refractivity contribution in [2.45, 2.75) is 26.3 Å². The van der Waals surface area contributed by atoms with Crippen LogP contribution in [0.15, 0.2) is 60.7 Å². The van der Waals surface area contributed by atoms with Gasteiger partial charge in [0.05, 0.1) is 23.2 Å². The fourth-order valence-electron chi connectivity index (χ4n) is 3.72. The first-order chi connectivity index (χ1) is 15.4. The fourth-order valence-corrected chi connectivity index (χ4v) is 3.92. The summed E-state index contributed by atoms with van der Waals surface area (Å²) in [6.07, 6.45) is 2.28. The van der Waals surface area contributed by atoms with Crippen LogP contribution in [-0.2, 0) is 9.59 Å². The number of rotatable bonds is 9. The molecule has 0 radical (unpaired) electrons. The molecule has 1 N–H and O–H groups in total. The molecule has 1 saturated heterocycles. The van der Waals surface area contributed by atoms with Gasteiger partial charge in [0.25, 0.3) is 11.7 Å². The van der Waals surface area contributed by atoms with Crippen molar-refractivity contribution >= 4 is 29.1 Å². The number of carbonyl (C=O) groups is 2. The summed E-state index contributed by atoms with van der Waals surface area (Å²) in [5.74, 6) is -0.682. The van der Waals surface area contributed by atoms with Crippen LogP contribution in [-0.4, -0.2) is 41.5 Å². The number of likely N-dealkylation sites (tertiary alicyclic amines) is 1. The quantitative estimate of drug-likeness (QED) is 0.245. The zero-order valence-electron chi connectivity index (χ0n) is 18.1. The van der Waals surface area contributed by atoms with Crippen molar-refractivity contribution in [3.05, 3.63) is 76.8 Å². The Morgan fingerprint density at radius 1 is 1.16 bits per heavy atom. The number of amides is 1. The standard InChI is InChI=1S/C25H26ClNO5/c1-4-12-27-22(16-8-7-9-17(14-16)32-13-5-2)21(24(29)25(27)30)23(28)19-15-18(31-6-3)10-11-20(19)26/h5,7-11,14-15,22,28H,2,4,6,12-13H2,1,3H3/b23-21+. The molecule has 1 atom stereocenters. The molecule has 3 rings (SSSR count). The van der Waals surface area contributed by atoms with Gasteiger partial charge in [0.2, 0.25) is 0 Å². The predicted octanol–water partition coefficient (Wildman–Crippen LogP) is 5.14. The first-order valence-corrected chi connectivity index (χ1v) is 10.8. The lowest BCUT2D eigenvalue weighted by Gasteiger charge is -2.25. The molecule has 1 heterocycles. The molecule has 168 valence electrons. The molecule has 0 saturated carbocycles. The Labute approximate surface area is 192 Å². The first-order valence-electron chi connectivity index (χ1n) is 10.5. The highest BCUT2D eigenvalue weighted by molar-refractivity contribution is 6.47. The zero-order chi connectivity index (χ0) is 23.3. The monoisotopic (exact) mass is 455 g/mol. The Balaban J connectivity index is 2.18. The zero-order valence-corrected chi connectivity index (χ0v) is 18.9. The molecule has 0 aliphatic carbocycles. The minimum atomic E-state index is -0.769. The molecule has 1 fully saturated rings. The highest BCUT2D eigenvalue weighted by atomic mass is 35.5. The van der Waals surface area contributed by atoms with Crippen molar-refractivity contribution in [2.75, 3.05) is 19.8 Å². The summed E-state index contributed by atoms with van der Waals surface area (Å²) in [5.41, 5.74) is 0.869. The van der Waals surface area contributed by atoms with Gasteiger partial charge in [-0.1, -0.05) is 43.3 Å². The molecule has 7 heteroatoms. The third-order valence-corrected chi connectivity index (χ3v) is 5.38. The molecular formula is C25H26ClNO5. The van der Waals surface area contributed by atoms with E-state index in [-0.39, 0.29) is 21.9 Å². The van der Waals surface area contributed by atoms with E-state index >= 15 is 0 Å². The van der Waals surface area contributed by atoms with Gasteiger partial charge in [-0.3, -0.25) is 9.59 Å². The van der Waals surface area contributed by atoms with Crippen molar-refractivity contribution in [1.82, 2.24) is 4.90 Å². The molecule has 0 spiro atoms. The Morgan fingerprint density at radius 3 is 2.59 bits per heavy atom. The summed E-state index contributed by atoms with van der Waals surface area (Å²) in [7, 11) is 0. The van der Waals surface area contributed by atoms with Gasteiger partial charge >= 0.3 is 0 Å². The molecule has 32 heavy (non-hydrogen) atoms. The van der Waals surface area contributed by atoms with Gasteiger partial charge in [-0.05, 0) is 49.2 Å². The Morgan fingerprint density at radius 2 is 1.91 bits per heavy atom. The van der Waals surface area contributed by atoms with E-state index in [2.05, 4.69) is 6.58 Å². The third-order valence-electron chi connectivity index (χ3n) is 5.05. The van der Waals surface area contributed by atoms with E-state index in [1.165, 1.54) is 4.90 Å². The lowest BCUT2D eigenvalue weighted by atomic mass is 9.95. The van der Waals surface area contributed by atoms with E-state index < -0.39 is 17.7 Å². The van der Waals surface area contributed by atoms with Gasteiger partial charge in [0.15, 0.2) is 0 Å². The molecule has 1 aliphatic rings. The van der Waals surface area contributed by atoms with E-state index in [1.807, 2.05) is 13.8 Å². The summed E-state index contributed by atoms with van der Waals surface area (Å²) in [6.45, 7) is 8.51. The fraction of sp³-hybridized carbons (Fsp3) is 0.280. The van der Waals surface area contributed by atoms with Gasteiger partial charge in [-0.25, -0.2) is 0 Å². The summed E-state index contributed by atoms with van der Waals surface area (Å²) in [6, 6.07) is 11.2. The minimum absolute atomic E-state index is 0.0140. The molecule has 2 aromatic rings. The molecule has 1 unspecified atom stereocenters. The molecule has 1 amide bonds. The van der Waals surface area contributed by atoms with Crippen LogP contribution in [0.4, 0.5) is 0 Å². The van der Waals surface area contributed by atoms with Crippen molar-refractivity contribution in [2.24, 2.45) is 0 Å². The number of aliphatic hydroxyl groups excluding tert-OH is 1. The largest absolute Gasteiger partial charge is 0.507 e. The smallest absolute Gasteiger partial charge is 0.295 e. The summed E-state index contributed by atoms with van der Waals surface area (Å²) >= 11 is 6.34.